The van der Waals surface area contributed by atoms with Crippen LogP contribution in [0.1, 0.15) is 36.2 Å². The second-order valence-electron chi connectivity index (χ2n) is 5.90. The Bertz CT molecular complexity index is 659. The fourth-order valence-electron chi connectivity index (χ4n) is 2.52. The molecule has 0 saturated carbocycles. The van der Waals surface area contributed by atoms with E-state index in [-0.39, 0.29) is 11.4 Å². The average Bonchev–Trinajstić information content (AvgIpc) is 2.48. The van der Waals surface area contributed by atoms with Crippen LogP contribution in [0.5, 0.6) is 11.5 Å². The summed E-state index contributed by atoms with van der Waals surface area (Å²) in [5.41, 5.74) is 1.63. The molecule has 3 heteroatoms. The summed E-state index contributed by atoms with van der Waals surface area (Å²) in [7, 11) is 0. The first-order valence-electron chi connectivity index (χ1n) is 7.11. The van der Waals surface area contributed by atoms with Crippen LogP contribution in [0.2, 0.25) is 0 Å². The van der Waals surface area contributed by atoms with Crippen LogP contribution in [-0.2, 0) is 5.41 Å². The summed E-state index contributed by atoms with van der Waals surface area (Å²) in [6.45, 7) is 5.05. The van der Waals surface area contributed by atoms with Crippen molar-refractivity contribution >= 4 is 5.97 Å². The molecule has 0 N–H and O–H groups in total. The monoisotopic (exact) mass is 282 g/mol. The molecule has 1 aliphatic heterocycles. The Kier molecular flexibility index (Phi) is 3.42. The van der Waals surface area contributed by atoms with E-state index in [1.54, 1.807) is 18.2 Å². The molecule has 2 aromatic rings. The topological polar surface area (TPSA) is 35.5 Å². The minimum absolute atomic E-state index is 0.0105. The summed E-state index contributed by atoms with van der Waals surface area (Å²) in [6, 6.07) is 14.6. The van der Waals surface area contributed by atoms with Gasteiger partial charge in [-0.05, 0) is 42.2 Å². The Balaban J connectivity index is 1.88. The minimum Gasteiger partial charge on any atom is -0.493 e. The lowest BCUT2D eigenvalue weighted by Gasteiger charge is -2.32. The normalized spacial score (nSPS) is 15.7. The van der Waals surface area contributed by atoms with Gasteiger partial charge in [-0.2, -0.15) is 0 Å². The van der Waals surface area contributed by atoms with E-state index < -0.39 is 0 Å². The third kappa shape index (κ3) is 2.77. The molecular weight excluding hydrogens is 264 g/mol. The average molecular weight is 282 g/mol. The van der Waals surface area contributed by atoms with Crippen molar-refractivity contribution in [3.05, 3.63) is 59.7 Å². The maximum Gasteiger partial charge on any atom is 0.343 e. The molecule has 0 unspecified atom stereocenters. The van der Waals surface area contributed by atoms with Gasteiger partial charge in [0.25, 0.3) is 0 Å². The third-order valence-electron chi connectivity index (χ3n) is 3.88. The maximum atomic E-state index is 12.2. The minimum atomic E-state index is -0.342. The van der Waals surface area contributed by atoms with Crippen LogP contribution in [0.4, 0.5) is 0 Å². The summed E-state index contributed by atoms with van der Waals surface area (Å²) in [4.78, 5) is 12.2. The van der Waals surface area contributed by atoms with Crippen molar-refractivity contribution in [2.75, 3.05) is 6.61 Å². The van der Waals surface area contributed by atoms with Gasteiger partial charge >= 0.3 is 5.97 Å². The fraction of sp³-hybridized carbons (Fsp3) is 0.278. The number of rotatable bonds is 2. The zero-order valence-electron chi connectivity index (χ0n) is 12.3. The van der Waals surface area contributed by atoms with Crippen molar-refractivity contribution in [3.8, 4) is 11.5 Å². The van der Waals surface area contributed by atoms with Gasteiger partial charge in [0.1, 0.15) is 11.5 Å². The van der Waals surface area contributed by atoms with Crippen LogP contribution in [-0.4, -0.2) is 12.6 Å². The largest absolute Gasteiger partial charge is 0.493 e. The van der Waals surface area contributed by atoms with E-state index in [0.29, 0.717) is 17.9 Å². The smallest absolute Gasteiger partial charge is 0.343 e. The van der Waals surface area contributed by atoms with Crippen LogP contribution in [0.3, 0.4) is 0 Å². The van der Waals surface area contributed by atoms with Crippen LogP contribution in [0.15, 0.2) is 48.5 Å². The molecule has 1 aliphatic rings. The first-order chi connectivity index (χ1) is 10.1. The number of ether oxygens (including phenoxy) is 2. The van der Waals surface area contributed by atoms with Gasteiger partial charge < -0.3 is 9.47 Å². The van der Waals surface area contributed by atoms with Crippen molar-refractivity contribution in [1.29, 1.82) is 0 Å². The van der Waals surface area contributed by atoms with Gasteiger partial charge in [0.2, 0.25) is 0 Å². The van der Waals surface area contributed by atoms with Crippen LogP contribution in [0, 0.1) is 0 Å². The highest BCUT2D eigenvalue weighted by atomic mass is 16.5. The lowest BCUT2D eigenvalue weighted by Crippen LogP contribution is -2.27. The molecule has 0 atom stereocenters. The van der Waals surface area contributed by atoms with Crippen LogP contribution < -0.4 is 9.47 Å². The summed E-state index contributed by atoms with van der Waals surface area (Å²) in [5, 5.41) is 0. The molecule has 0 aromatic heterocycles. The SMILES string of the molecule is CC1(C)CCOc2ccc(C(=O)Oc3ccccc3)cc21. The Morgan fingerprint density at radius 3 is 2.67 bits per heavy atom. The molecule has 21 heavy (non-hydrogen) atoms. The number of hydrogen-bond donors (Lipinski definition) is 0. The molecule has 2 aromatic carbocycles. The van der Waals surface area contributed by atoms with Crippen molar-refractivity contribution in [2.24, 2.45) is 0 Å². The van der Waals surface area contributed by atoms with Crippen molar-refractivity contribution in [2.45, 2.75) is 25.7 Å². The molecule has 3 rings (SSSR count). The highest BCUT2D eigenvalue weighted by Crippen LogP contribution is 2.38. The highest BCUT2D eigenvalue weighted by Gasteiger charge is 2.29. The van der Waals surface area contributed by atoms with E-state index in [4.69, 9.17) is 9.47 Å². The predicted octanol–water partition coefficient (Wildman–Crippen LogP) is 3.97. The number of hydrogen-bond acceptors (Lipinski definition) is 3. The maximum absolute atomic E-state index is 12.2. The summed E-state index contributed by atoms with van der Waals surface area (Å²) in [5.74, 6) is 1.07. The second-order valence-corrected chi connectivity index (χ2v) is 5.90. The lowest BCUT2D eigenvalue weighted by molar-refractivity contribution is 0.0734. The van der Waals surface area contributed by atoms with Crippen molar-refractivity contribution in [1.82, 2.24) is 0 Å². The van der Waals surface area contributed by atoms with Gasteiger partial charge in [0.05, 0.1) is 12.2 Å². The van der Waals surface area contributed by atoms with E-state index in [9.17, 15) is 4.79 Å². The van der Waals surface area contributed by atoms with E-state index in [2.05, 4.69) is 13.8 Å². The molecule has 0 bridgehead atoms. The number of carbonyl (C=O) groups is 1. The second kappa shape index (κ2) is 5.24. The first kappa shape index (κ1) is 13.7. The van der Waals surface area contributed by atoms with Crippen molar-refractivity contribution < 1.29 is 14.3 Å². The fourth-order valence-corrected chi connectivity index (χ4v) is 2.52. The molecule has 0 fully saturated rings. The van der Waals surface area contributed by atoms with Gasteiger partial charge in [0, 0.05) is 5.56 Å². The van der Waals surface area contributed by atoms with Crippen LogP contribution in [0.25, 0.3) is 0 Å². The van der Waals surface area contributed by atoms with E-state index >= 15 is 0 Å². The number of fused-ring (bicyclic) bond motifs is 1. The Hall–Kier alpha value is -2.29. The van der Waals surface area contributed by atoms with E-state index in [1.165, 1.54) is 0 Å². The molecule has 0 radical (unpaired) electrons. The number of para-hydroxylation sites is 1. The molecule has 0 aliphatic carbocycles. The predicted molar refractivity (Wildman–Crippen MR) is 81.0 cm³/mol. The molecule has 0 amide bonds. The molecule has 0 saturated heterocycles. The van der Waals surface area contributed by atoms with Gasteiger partial charge in [-0.25, -0.2) is 4.79 Å². The summed E-state index contributed by atoms with van der Waals surface area (Å²) >= 11 is 0. The highest BCUT2D eigenvalue weighted by molar-refractivity contribution is 5.91. The standard InChI is InChI=1S/C18H18O3/c1-18(2)10-11-20-16-9-8-13(12-15(16)18)17(19)21-14-6-4-3-5-7-14/h3-9,12H,10-11H2,1-2H3. The third-order valence-corrected chi connectivity index (χ3v) is 3.88. The van der Waals surface area contributed by atoms with Gasteiger partial charge in [-0.15, -0.1) is 0 Å². The molecule has 0 spiro atoms. The zero-order valence-corrected chi connectivity index (χ0v) is 12.3. The van der Waals surface area contributed by atoms with Gasteiger partial charge in [-0.1, -0.05) is 32.0 Å². The first-order valence-corrected chi connectivity index (χ1v) is 7.11. The molecular formula is C18H18O3. The number of carbonyl (C=O) groups excluding carboxylic acids is 1. The Labute approximate surface area is 124 Å². The van der Waals surface area contributed by atoms with Gasteiger partial charge in [0.15, 0.2) is 0 Å². The number of benzene rings is 2. The number of esters is 1. The quantitative estimate of drug-likeness (QED) is 0.617. The zero-order chi connectivity index (χ0) is 14.9. The summed E-state index contributed by atoms with van der Waals surface area (Å²) < 4.78 is 11.0. The summed E-state index contributed by atoms with van der Waals surface area (Å²) in [6.07, 6.45) is 0.942. The van der Waals surface area contributed by atoms with Crippen molar-refractivity contribution in [3.63, 3.8) is 0 Å². The molecule has 108 valence electrons. The Morgan fingerprint density at radius 2 is 1.90 bits per heavy atom. The Morgan fingerprint density at radius 1 is 1.14 bits per heavy atom. The van der Waals surface area contributed by atoms with E-state index in [1.807, 2.05) is 30.3 Å². The van der Waals surface area contributed by atoms with Gasteiger partial charge in [-0.3, -0.25) is 0 Å². The molecule has 3 nitrogen and oxygen atoms in total. The van der Waals surface area contributed by atoms with Crippen LogP contribution >= 0.6 is 0 Å². The lowest BCUT2D eigenvalue weighted by atomic mass is 9.79. The molecule has 1 heterocycles. The van der Waals surface area contributed by atoms with E-state index in [0.717, 1.165) is 17.7 Å².